The molecule has 0 spiro atoms. The van der Waals surface area contributed by atoms with E-state index in [1.54, 1.807) is 20.9 Å². The van der Waals surface area contributed by atoms with Gasteiger partial charge in [-0.15, -0.1) is 0 Å². The van der Waals surface area contributed by atoms with Crippen LogP contribution in [0.15, 0.2) is 24.3 Å². The van der Waals surface area contributed by atoms with E-state index < -0.39 is 36.3 Å². The van der Waals surface area contributed by atoms with Gasteiger partial charge in [0.2, 0.25) is 5.91 Å². The van der Waals surface area contributed by atoms with Gasteiger partial charge in [0.25, 0.3) is 0 Å². The average molecular weight is 345 g/mol. The largest absolute Gasteiger partial charge is 0.340 e. The lowest BCUT2D eigenvalue weighted by Crippen LogP contribution is -2.42. The Bertz CT molecular complexity index is 697. The van der Waals surface area contributed by atoms with Gasteiger partial charge in [-0.2, -0.15) is 0 Å². The molecular formula is C18H23N3O4. The summed E-state index contributed by atoms with van der Waals surface area (Å²) in [5.74, 6) is -2.24. The zero-order valence-electron chi connectivity index (χ0n) is 15.0. The van der Waals surface area contributed by atoms with Crippen molar-refractivity contribution in [3.8, 4) is 0 Å². The van der Waals surface area contributed by atoms with Gasteiger partial charge >= 0.3 is 17.8 Å². The minimum Gasteiger partial charge on any atom is -0.340 e. The number of rotatable bonds is 6. The zero-order valence-corrected chi connectivity index (χ0v) is 15.0. The summed E-state index contributed by atoms with van der Waals surface area (Å²) in [6, 6.07) is 6.72. The minimum absolute atomic E-state index is 0.362. The molecule has 7 heteroatoms. The van der Waals surface area contributed by atoms with E-state index in [2.05, 4.69) is 6.92 Å². The molecule has 0 aliphatic carbocycles. The van der Waals surface area contributed by atoms with Gasteiger partial charge in [0.1, 0.15) is 6.54 Å². The third-order valence-electron chi connectivity index (χ3n) is 4.17. The van der Waals surface area contributed by atoms with Crippen LogP contribution < -0.4 is 0 Å². The number of hydrogen-bond acceptors (Lipinski definition) is 4. The highest BCUT2D eigenvalue weighted by atomic mass is 16.2. The molecule has 0 aromatic heterocycles. The first-order valence-corrected chi connectivity index (χ1v) is 8.27. The summed E-state index contributed by atoms with van der Waals surface area (Å²) in [6.07, 6.45) is 0.939. The number of aryl methyl sites for hydroxylation is 1. The molecule has 1 aliphatic heterocycles. The number of hydrogen-bond donors (Lipinski definition) is 0. The fourth-order valence-electron chi connectivity index (χ4n) is 2.62. The van der Waals surface area contributed by atoms with Crippen molar-refractivity contribution in [2.75, 3.05) is 13.6 Å². The Kier molecular flexibility index (Phi) is 5.56. The highest BCUT2D eigenvalue weighted by Gasteiger charge is 2.46. The molecule has 7 nitrogen and oxygen atoms in total. The zero-order chi connectivity index (χ0) is 18.7. The lowest BCUT2D eigenvalue weighted by atomic mass is 10.1. The summed E-state index contributed by atoms with van der Waals surface area (Å²) in [4.78, 5) is 51.4. The summed E-state index contributed by atoms with van der Waals surface area (Å²) >= 11 is 0. The molecule has 0 saturated carbocycles. The van der Waals surface area contributed by atoms with Gasteiger partial charge in [-0.3, -0.25) is 19.3 Å². The number of benzene rings is 1. The van der Waals surface area contributed by atoms with Crippen LogP contribution in [0.5, 0.6) is 0 Å². The van der Waals surface area contributed by atoms with Gasteiger partial charge in [-0.25, -0.2) is 9.69 Å². The smallest absolute Gasteiger partial charge is 0.334 e. The van der Waals surface area contributed by atoms with E-state index in [-0.39, 0.29) is 0 Å². The van der Waals surface area contributed by atoms with E-state index in [1.165, 1.54) is 10.5 Å². The number of likely N-dealkylation sites (N-methyl/N-ethyl adjacent to an activating group) is 1. The maximum absolute atomic E-state index is 12.4. The van der Waals surface area contributed by atoms with Gasteiger partial charge < -0.3 is 4.90 Å². The Balaban J connectivity index is 2.01. The molecule has 1 fully saturated rings. The molecule has 25 heavy (non-hydrogen) atoms. The van der Waals surface area contributed by atoms with Gasteiger partial charge in [-0.1, -0.05) is 31.2 Å². The second-order valence-electron chi connectivity index (χ2n) is 6.36. The molecule has 0 bridgehead atoms. The number of amides is 5. The van der Waals surface area contributed by atoms with Crippen molar-refractivity contribution in [2.45, 2.75) is 39.8 Å². The summed E-state index contributed by atoms with van der Waals surface area (Å²) in [7, 11) is 1.60. The third kappa shape index (κ3) is 3.87. The third-order valence-corrected chi connectivity index (χ3v) is 4.17. The van der Waals surface area contributed by atoms with Gasteiger partial charge in [0.15, 0.2) is 0 Å². The van der Waals surface area contributed by atoms with E-state index in [4.69, 9.17) is 0 Å². The predicted molar refractivity (Wildman–Crippen MR) is 91.4 cm³/mol. The molecule has 0 unspecified atom stereocenters. The standard InChI is InChI=1S/C18H23N3O4/c1-5-13-6-8-14(9-7-13)10-19(4)15(22)11-20-16(23)17(24)21(12(2)3)18(20)25/h6-9,12H,5,10-11H2,1-4H3. The lowest BCUT2D eigenvalue weighted by molar-refractivity contribution is -0.145. The second-order valence-corrected chi connectivity index (χ2v) is 6.36. The van der Waals surface area contributed by atoms with Crippen molar-refractivity contribution in [1.82, 2.24) is 14.7 Å². The quantitative estimate of drug-likeness (QED) is 0.577. The highest BCUT2D eigenvalue weighted by Crippen LogP contribution is 2.16. The summed E-state index contributed by atoms with van der Waals surface area (Å²) < 4.78 is 0. The van der Waals surface area contributed by atoms with Crippen molar-refractivity contribution < 1.29 is 19.2 Å². The first-order chi connectivity index (χ1) is 11.8. The fourth-order valence-corrected chi connectivity index (χ4v) is 2.62. The molecule has 1 aromatic carbocycles. The molecule has 2 rings (SSSR count). The molecule has 5 amide bonds. The predicted octanol–water partition coefficient (Wildman–Crippen LogP) is 1.41. The molecule has 1 saturated heterocycles. The fraction of sp³-hybridized carbons (Fsp3) is 0.444. The Hall–Kier alpha value is -2.70. The van der Waals surface area contributed by atoms with Crippen LogP contribution in [-0.4, -0.2) is 58.1 Å². The van der Waals surface area contributed by atoms with E-state index in [0.717, 1.165) is 16.9 Å². The molecule has 0 radical (unpaired) electrons. The maximum atomic E-state index is 12.4. The van der Waals surface area contributed by atoms with Crippen LogP contribution in [-0.2, 0) is 27.3 Å². The lowest BCUT2D eigenvalue weighted by Gasteiger charge is -2.21. The van der Waals surface area contributed by atoms with E-state index in [1.807, 2.05) is 24.3 Å². The highest BCUT2D eigenvalue weighted by molar-refractivity contribution is 6.45. The molecular weight excluding hydrogens is 322 g/mol. The van der Waals surface area contributed by atoms with Crippen molar-refractivity contribution >= 4 is 23.8 Å². The van der Waals surface area contributed by atoms with E-state index in [9.17, 15) is 19.2 Å². The van der Waals surface area contributed by atoms with Gasteiger partial charge in [0, 0.05) is 19.6 Å². The van der Waals surface area contributed by atoms with Gasteiger partial charge in [-0.05, 0) is 31.4 Å². The number of carbonyl (C=O) groups excluding carboxylic acids is 4. The minimum atomic E-state index is -0.951. The Morgan fingerprint density at radius 1 is 1.04 bits per heavy atom. The normalized spacial score (nSPS) is 14.7. The Morgan fingerprint density at radius 2 is 1.60 bits per heavy atom. The SMILES string of the molecule is CCc1ccc(CN(C)C(=O)CN2C(=O)C(=O)N(C(C)C)C2=O)cc1. The van der Waals surface area contributed by atoms with Crippen LogP contribution in [0.25, 0.3) is 0 Å². The molecule has 1 aliphatic rings. The van der Waals surface area contributed by atoms with Crippen LogP contribution in [0.3, 0.4) is 0 Å². The summed E-state index contributed by atoms with van der Waals surface area (Å²) in [5.41, 5.74) is 2.16. The molecule has 134 valence electrons. The maximum Gasteiger partial charge on any atom is 0.334 e. The summed E-state index contributed by atoms with van der Waals surface area (Å²) in [5, 5.41) is 0. The van der Waals surface area contributed by atoms with Crippen molar-refractivity contribution in [3.05, 3.63) is 35.4 Å². The van der Waals surface area contributed by atoms with Crippen LogP contribution in [0, 0.1) is 0 Å². The number of carbonyl (C=O) groups is 4. The average Bonchev–Trinajstić information content (AvgIpc) is 2.78. The Labute approximate surface area is 147 Å². The molecule has 1 aromatic rings. The molecule has 0 N–H and O–H groups in total. The van der Waals surface area contributed by atoms with Crippen LogP contribution >= 0.6 is 0 Å². The number of urea groups is 1. The van der Waals surface area contributed by atoms with Crippen LogP contribution in [0.1, 0.15) is 31.9 Å². The number of imide groups is 2. The number of nitrogens with zero attached hydrogens (tertiary/aromatic N) is 3. The van der Waals surface area contributed by atoms with E-state index in [0.29, 0.717) is 11.4 Å². The van der Waals surface area contributed by atoms with Gasteiger partial charge in [0.05, 0.1) is 0 Å². The van der Waals surface area contributed by atoms with Crippen molar-refractivity contribution in [3.63, 3.8) is 0 Å². The first kappa shape index (κ1) is 18.6. The topological polar surface area (TPSA) is 78.0 Å². The second kappa shape index (κ2) is 7.46. The molecule has 0 atom stereocenters. The van der Waals surface area contributed by atoms with Crippen molar-refractivity contribution in [2.24, 2.45) is 0 Å². The van der Waals surface area contributed by atoms with Crippen LogP contribution in [0.4, 0.5) is 4.79 Å². The first-order valence-electron chi connectivity index (χ1n) is 8.27. The molecule has 1 heterocycles. The van der Waals surface area contributed by atoms with Crippen molar-refractivity contribution in [1.29, 1.82) is 0 Å². The van der Waals surface area contributed by atoms with E-state index >= 15 is 0 Å². The summed E-state index contributed by atoms with van der Waals surface area (Å²) in [6.45, 7) is 5.27. The van der Waals surface area contributed by atoms with Crippen LogP contribution in [0.2, 0.25) is 0 Å². The Morgan fingerprint density at radius 3 is 2.08 bits per heavy atom. The monoisotopic (exact) mass is 345 g/mol.